The zero-order valence-corrected chi connectivity index (χ0v) is 16.6. The van der Waals surface area contributed by atoms with Crippen molar-refractivity contribution in [3.05, 3.63) is 28.2 Å². The highest BCUT2D eigenvalue weighted by Gasteiger charge is 2.19. The summed E-state index contributed by atoms with van der Waals surface area (Å²) in [5, 5.41) is 3.27. The zero-order valence-electron chi connectivity index (χ0n) is 13.5. The highest BCUT2D eigenvalue weighted by molar-refractivity contribution is 9.10. The monoisotopic (exact) mass is 434 g/mol. The van der Waals surface area contributed by atoms with Crippen LogP contribution in [0.3, 0.4) is 0 Å². The van der Waals surface area contributed by atoms with Gasteiger partial charge in [0.15, 0.2) is 0 Å². The number of fused-ring (bicyclic) bond motifs is 1. The third-order valence-electron chi connectivity index (χ3n) is 2.95. The molecule has 1 heterocycles. The maximum atomic E-state index is 11.9. The number of carbonyl (C=O) groups excluding carboxylic acids is 1. The van der Waals surface area contributed by atoms with Crippen molar-refractivity contribution in [2.45, 2.75) is 38.2 Å². The van der Waals surface area contributed by atoms with Gasteiger partial charge in [0.05, 0.1) is 10.4 Å². The number of nitrogens with zero attached hydrogens (tertiary/aromatic N) is 1. The van der Waals surface area contributed by atoms with Crippen molar-refractivity contribution in [1.29, 1.82) is 0 Å². The van der Waals surface area contributed by atoms with Gasteiger partial charge in [0.25, 0.3) is 9.05 Å². The molecule has 0 aliphatic carbocycles. The smallest absolute Gasteiger partial charge is 0.413 e. The lowest BCUT2D eigenvalue weighted by Crippen LogP contribution is -2.27. The van der Waals surface area contributed by atoms with Crippen molar-refractivity contribution in [3.63, 3.8) is 0 Å². The number of hydrogen-bond acceptors (Lipinski definition) is 5. The first-order valence-electron chi connectivity index (χ1n) is 6.92. The second kappa shape index (κ2) is 6.50. The number of aryl methyl sites for hydroxylation is 1. The van der Waals surface area contributed by atoms with Gasteiger partial charge < -0.3 is 4.74 Å². The number of anilines is 1. The lowest BCUT2D eigenvalue weighted by Gasteiger charge is -2.20. The van der Waals surface area contributed by atoms with Crippen LogP contribution in [0.2, 0.25) is 0 Å². The minimum absolute atomic E-state index is 0.0805. The molecule has 1 N–H and O–H groups in total. The van der Waals surface area contributed by atoms with Gasteiger partial charge in [-0.15, -0.1) is 0 Å². The van der Waals surface area contributed by atoms with E-state index in [9.17, 15) is 13.2 Å². The molecular weight excluding hydrogens is 420 g/mol. The van der Waals surface area contributed by atoms with Crippen LogP contribution in [0, 0.1) is 6.92 Å². The van der Waals surface area contributed by atoms with Gasteiger partial charge in [-0.3, -0.25) is 5.32 Å². The highest BCUT2D eigenvalue weighted by atomic mass is 79.9. The van der Waals surface area contributed by atoms with Gasteiger partial charge >= 0.3 is 6.09 Å². The number of amides is 1. The van der Waals surface area contributed by atoms with E-state index < -0.39 is 20.7 Å². The summed E-state index contributed by atoms with van der Waals surface area (Å²) in [4.78, 5) is 16.1. The number of rotatable bonds is 2. The first-order chi connectivity index (χ1) is 10.9. The molecule has 1 amide bonds. The Bertz CT molecular complexity index is 923. The Hall–Kier alpha value is -1.38. The van der Waals surface area contributed by atoms with Crippen molar-refractivity contribution < 1.29 is 17.9 Å². The van der Waals surface area contributed by atoms with E-state index in [1.807, 2.05) is 0 Å². The molecule has 130 valence electrons. The number of nitrogens with one attached hydrogen (secondary N) is 1. The maximum Gasteiger partial charge on any atom is 0.413 e. The number of carbonyl (C=O) groups is 1. The van der Waals surface area contributed by atoms with Crippen molar-refractivity contribution in [3.8, 4) is 0 Å². The van der Waals surface area contributed by atoms with Gasteiger partial charge in [-0.2, -0.15) is 0 Å². The van der Waals surface area contributed by atoms with Crippen molar-refractivity contribution in [2.24, 2.45) is 0 Å². The first-order valence-corrected chi connectivity index (χ1v) is 10.0. The molecule has 2 rings (SSSR count). The number of ether oxygens (including phenoxy) is 1. The standard InChI is InChI=1S/C15H16BrClN2O4S/c1-8-5-10-11(16)6-9(24(17,21)22)7-12(10)18-13(8)19-14(20)23-15(2,3)4/h5-7H,1-4H3,(H,18,19,20). The average Bonchev–Trinajstić information content (AvgIpc) is 2.37. The number of halogens is 2. The fraction of sp³-hybridized carbons (Fsp3) is 0.333. The van der Waals surface area contributed by atoms with Crippen LogP contribution in [0.15, 0.2) is 27.6 Å². The molecule has 24 heavy (non-hydrogen) atoms. The Labute approximate surface area is 153 Å². The zero-order chi connectivity index (χ0) is 18.3. The molecule has 6 nitrogen and oxygen atoms in total. The summed E-state index contributed by atoms with van der Waals surface area (Å²) in [7, 11) is 1.50. The third kappa shape index (κ3) is 4.58. The molecule has 0 radical (unpaired) electrons. The van der Waals surface area contributed by atoms with Crippen LogP contribution in [0.5, 0.6) is 0 Å². The van der Waals surface area contributed by atoms with Gasteiger partial charge in [-0.25, -0.2) is 18.2 Å². The van der Waals surface area contributed by atoms with Crippen LogP contribution >= 0.6 is 26.6 Å². The predicted molar refractivity (Wildman–Crippen MR) is 97.1 cm³/mol. The molecule has 0 aliphatic heterocycles. The number of aromatic nitrogens is 1. The van der Waals surface area contributed by atoms with E-state index in [1.54, 1.807) is 33.8 Å². The van der Waals surface area contributed by atoms with Crippen molar-refractivity contribution >= 4 is 58.5 Å². The fourth-order valence-corrected chi connectivity index (χ4v) is 3.47. The summed E-state index contributed by atoms with van der Waals surface area (Å²) in [5.41, 5.74) is 0.438. The van der Waals surface area contributed by atoms with Crippen LogP contribution in [0.25, 0.3) is 10.9 Å². The fourth-order valence-electron chi connectivity index (χ4n) is 1.98. The van der Waals surface area contributed by atoms with Gasteiger partial charge in [0.1, 0.15) is 11.4 Å². The highest BCUT2D eigenvalue weighted by Crippen LogP contribution is 2.31. The Balaban J connectivity index is 2.49. The largest absolute Gasteiger partial charge is 0.444 e. The molecule has 0 bridgehead atoms. The molecular formula is C15H16BrClN2O4S. The summed E-state index contributed by atoms with van der Waals surface area (Å²) in [6.45, 7) is 7.03. The molecule has 2 aromatic rings. The van der Waals surface area contributed by atoms with Gasteiger partial charge in [0.2, 0.25) is 0 Å². The lowest BCUT2D eigenvalue weighted by atomic mass is 10.1. The minimum Gasteiger partial charge on any atom is -0.444 e. The van der Waals surface area contributed by atoms with E-state index in [4.69, 9.17) is 15.4 Å². The van der Waals surface area contributed by atoms with E-state index in [0.717, 1.165) is 0 Å². The lowest BCUT2D eigenvalue weighted by molar-refractivity contribution is 0.0635. The van der Waals surface area contributed by atoms with Crippen LogP contribution in [-0.2, 0) is 13.8 Å². The number of pyridine rings is 1. The molecule has 1 aromatic heterocycles. The summed E-state index contributed by atoms with van der Waals surface area (Å²) in [6, 6.07) is 4.54. The Morgan fingerprint density at radius 1 is 1.29 bits per heavy atom. The van der Waals surface area contributed by atoms with Crippen molar-refractivity contribution in [1.82, 2.24) is 4.98 Å². The van der Waals surface area contributed by atoms with Gasteiger partial charge in [0, 0.05) is 20.5 Å². The van der Waals surface area contributed by atoms with E-state index >= 15 is 0 Å². The van der Waals surface area contributed by atoms with Crippen LogP contribution in [0.1, 0.15) is 26.3 Å². The summed E-state index contributed by atoms with van der Waals surface area (Å²) < 4.78 is 28.8. The van der Waals surface area contributed by atoms with Crippen LogP contribution < -0.4 is 5.32 Å². The molecule has 0 saturated heterocycles. The van der Waals surface area contributed by atoms with Crippen LogP contribution in [-0.4, -0.2) is 25.1 Å². The summed E-state index contributed by atoms with van der Waals surface area (Å²) in [6.07, 6.45) is -0.641. The normalized spacial score (nSPS) is 12.2. The molecule has 9 heteroatoms. The Kier molecular flexibility index (Phi) is 5.13. The second-order valence-electron chi connectivity index (χ2n) is 6.19. The average molecular weight is 436 g/mol. The van der Waals surface area contributed by atoms with Gasteiger partial charge in [-0.1, -0.05) is 15.9 Å². The van der Waals surface area contributed by atoms with E-state index in [-0.39, 0.29) is 10.7 Å². The summed E-state index contributed by atoms with van der Waals surface area (Å²) in [5.74, 6) is 0.285. The topological polar surface area (TPSA) is 85.4 Å². The quantitative estimate of drug-likeness (QED) is 0.698. The number of benzene rings is 1. The van der Waals surface area contributed by atoms with Crippen molar-refractivity contribution in [2.75, 3.05) is 5.32 Å². The SMILES string of the molecule is Cc1cc2c(Br)cc(S(=O)(=O)Cl)cc2nc1NC(=O)OC(C)(C)C. The Morgan fingerprint density at radius 3 is 2.46 bits per heavy atom. The molecule has 0 spiro atoms. The van der Waals surface area contributed by atoms with Gasteiger partial charge in [-0.05, 0) is 51.5 Å². The second-order valence-corrected chi connectivity index (χ2v) is 9.61. The maximum absolute atomic E-state index is 11.9. The minimum atomic E-state index is -3.90. The third-order valence-corrected chi connectivity index (χ3v) is 4.94. The van der Waals surface area contributed by atoms with E-state index in [0.29, 0.717) is 20.9 Å². The molecule has 0 unspecified atom stereocenters. The molecule has 1 aromatic carbocycles. The number of hydrogen-bond donors (Lipinski definition) is 1. The molecule has 0 saturated carbocycles. The summed E-state index contributed by atoms with van der Waals surface area (Å²) >= 11 is 3.31. The van der Waals surface area contributed by atoms with E-state index in [1.165, 1.54) is 12.1 Å². The van der Waals surface area contributed by atoms with Crippen LogP contribution in [0.4, 0.5) is 10.6 Å². The molecule has 0 atom stereocenters. The molecule has 0 fully saturated rings. The molecule has 0 aliphatic rings. The van der Waals surface area contributed by atoms with E-state index in [2.05, 4.69) is 26.2 Å². The predicted octanol–water partition coefficient (Wildman–Crippen LogP) is 4.58. The Morgan fingerprint density at radius 2 is 1.92 bits per heavy atom. The first kappa shape index (κ1) is 19.0.